The standard InChI is InChI=1S/C20H29ClN4O/c1-5-6-18(25-10-9-14(2)23(3)11-12-25)19-22-17-8-7-15(21)13-16(17)20(26)24(19)4/h7-8,13-14,18H,5-6,9-12H2,1-4H3/t14?,18-/m1/s1. The molecule has 0 bridgehead atoms. The van der Waals surface area contributed by atoms with Gasteiger partial charge in [0, 0.05) is 37.7 Å². The molecule has 5 nitrogen and oxygen atoms in total. The molecule has 26 heavy (non-hydrogen) atoms. The summed E-state index contributed by atoms with van der Waals surface area (Å²) in [5.41, 5.74) is 0.711. The fourth-order valence-electron chi connectivity index (χ4n) is 3.81. The summed E-state index contributed by atoms with van der Waals surface area (Å²) >= 11 is 6.07. The van der Waals surface area contributed by atoms with Crippen LogP contribution in [-0.2, 0) is 7.05 Å². The Morgan fingerprint density at radius 3 is 2.77 bits per heavy atom. The number of likely N-dealkylation sites (N-methyl/N-ethyl adjacent to an activating group) is 1. The predicted molar refractivity (Wildman–Crippen MR) is 108 cm³/mol. The number of nitrogens with zero attached hydrogens (tertiary/aromatic N) is 4. The minimum Gasteiger partial charge on any atom is -0.302 e. The first-order valence-corrected chi connectivity index (χ1v) is 9.90. The number of hydrogen-bond acceptors (Lipinski definition) is 4. The SMILES string of the molecule is CCC[C@H](c1nc2ccc(Cl)cc2c(=O)n1C)N1CCC(C)N(C)CC1. The van der Waals surface area contributed by atoms with Crippen molar-refractivity contribution < 1.29 is 0 Å². The summed E-state index contributed by atoms with van der Waals surface area (Å²) in [6.45, 7) is 7.55. The molecule has 1 aromatic heterocycles. The second-order valence-electron chi connectivity index (χ2n) is 7.45. The molecule has 142 valence electrons. The molecule has 0 N–H and O–H groups in total. The van der Waals surface area contributed by atoms with E-state index in [0.29, 0.717) is 16.5 Å². The fourth-order valence-corrected chi connectivity index (χ4v) is 3.98. The van der Waals surface area contributed by atoms with Crippen molar-refractivity contribution in [3.05, 3.63) is 39.4 Å². The molecular weight excluding hydrogens is 348 g/mol. The average Bonchev–Trinajstić information content (AvgIpc) is 2.79. The minimum atomic E-state index is -0.0195. The molecule has 1 fully saturated rings. The van der Waals surface area contributed by atoms with Crippen LogP contribution in [0.2, 0.25) is 5.02 Å². The zero-order valence-corrected chi connectivity index (χ0v) is 17.0. The van der Waals surface area contributed by atoms with Crippen molar-refractivity contribution in [3.8, 4) is 0 Å². The summed E-state index contributed by atoms with van der Waals surface area (Å²) in [4.78, 5) is 22.7. The third-order valence-corrected chi connectivity index (χ3v) is 5.93. The Labute approximate surface area is 160 Å². The number of aromatic nitrogens is 2. The van der Waals surface area contributed by atoms with Gasteiger partial charge in [0.15, 0.2) is 0 Å². The molecule has 2 atom stereocenters. The lowest BCUT2D eigenvalue weighted by atomic mass is 10.1. The Morgan fingerprint density at radius 1 is 1.27 bits per heavy atom. The molecule has 1 aliphatic heterocycles. The summed E-state index contributed by atoms with van der Waals surface area (Å²) in [6, 6.07) is 6.11. The van der Waals surface area contributed by atoms with Crippen molar-refractivity contribution in [2.45, 2.75) is 45.2 Å². The van der Waals surface area contributed by atoms with Crippen LogP contribution in [0.3, 0.4) is 0 Å². The van der Waals surface area contributed by atoms with E-state index in [9.17, 15) is 4.79 Å². The molecule has 0 spiro atoms. The number of rotatable bonds is 4. The Bertz CT molecular complexity index is 822. The smallest absolute Gasteiger partial charge is 0.261 e. The summed E-state index contributed by atoms with van der Waals surface area (Å²) in [5, 5.41) is 1.15. The van der Waals surface area contributed by atoms with E-state index in [2.05, 4.69) is 30.7 Å². The molecule has 0 radical (unpaired) electrons. The molecule has 0 amide bonds. The van der Waals surface area contributed by atoms with Crippen LogP contribution in [-0.4, -0.2) is 52.1 Å². The first-order chi connectivity index (χ1) is 12.4. The lowest BCUT2D eigenvalue weighted by Crippen LogP contribution is -2.36. The minimum absolute atomic E-state index is 0.0195. The van der Waals surface area contributed by atoms with Crippen LogP contribution in [0.5, 0.6) is 0 Å². The Kier molecular flexibility index (Phi) is 6.00. The van der Waals surface area contributed by atoms with Crippen molar-refractivity contribution >= 4 is 22.5 Å². The van der Waals surface area contributed by atoms with Crippen molar-refractivity contribution in [1.82, 2.24) is 19.4 Å². The van der Waals surface area contributed by atoms with E-state index >= 15 is 0 Å². The predicted octanol–water partition coefficient (Wildman–Crippen LogP) is 3.45. The maximum atomic E-state index is 12.9. The van der Waals surface area contributed by atoms with E-state index in [1.807, 2.05) is 13.1 Å². The van der Waals surface area contributed by atoms with Gasteiger partial charge in [-0.25, -0.2) is 4.98 Å². The van der Waals surface area contributed by atoms with Gasteiger partial charge in [0.25, 0.3) is 5.56 Å². The van der Waals surface area contributed by atoms with Crippen LogP contribution in [0.15, 0.2) is 23.0 Å². The quantitative estimate of drug-likeness (QED) is 0.819. The lowest BCUT2D eigenvalue weighted by molar-refractivity contribution is 0.181. The van der Waals surface area contributed by atoms with Gasteiger partial charge in [0.1, 0.15) is 5.82 Å². The first kappa shape index (κ1) is 19.3. The van der Waals surface area contributed by atoms with Crippen LogP contribution < -0.4 is 5.56 Å². The van der Waals surface area contributed by atoms with Crippen LogP contribution in [0.25, 0.3) is 10.9 Å². The highest BCUT2D eigenvalue weighted by atomic mass is 35.5. The molecule has 1 saturated heterocycles. The molecule has 3 rings (SSSR count). The highest BCUT2D eigenvalue weighted by Gasteiger charge is 2.27. The third kappa shape index (κ3) is 3.80. The highest BCUT2D eigenvalue weighted by Crippen LogP contribution is 2.27. The maximum absolute atomic E-state index is 12.9. The summed E-state index contributed by atoms with van der Waals surface area (Å²) in [7, 11) is 4.02. The molecule has 2 aromatic rings. The van der Waals surface area contributed by atoms with Gasteiger partial charge in [0.2, 0.25) is 0 Å². The Morgan fingerprint density at radius 2 is 2.04 bits per heavy atom. The molecule has 1 aromatic carbocycles. The number of halogens is 1. The second kappa shape index (κ2) is 8.07. The van der Waals surface area contributed by atoms with Gasteiger partial charge >= 0.3 is 0 Å². The van der Waals surface area contributed by atoms with E-state index in [1.54, 1.807) is 16.7 Å². The Hall–Kier alpha value is -1.43. The van der Waals surface area contributed by atoms with E-state index in [-0.39, 0.29) is 11.6 Å². The van der Waals surface area contributed by atoms with Gasteiger partial charge in [-0.1, -0.05) is 24.9 Å². The van der Waals surface area contributed by atoms with Gasteiger partial charge in [-0.3, -0.25) is 14.3 Å². The molecule has 0 saturated carbocycles. The molecular formula is C20H29ClN4O. The third-order valence-electron chi connectivity index (χ3n) is 5.70. The lowest BCUT2D eigenvalue weighted by Gasteiger charge is -2.31. The highest BCUT2D eigenvalue weighted by molar-refractivity contribution is 6.31. The van der Waals surface area contributed by atoms with Gasteiger partial charge in [-0.05, 0) is 45.0 Å². The summed E-state index contributed by atoms with van der Waals surface area (Å²) in [6.07, 6.45) is 3.19. The summed E-state index contributed by atoms with van der Waals surface area (Å²) < 4.78 is 1.72. The maximum Gasteiger partial charge on any atom is 0.261 e. The van der Waals surface area contributed by atoms with Crippen LogP contribution in [0, 0.1) is 0 Å². The van der Waals surface area contributed by atoms with Crippen molar-refractivity contribution in [2.75, 3.05) is 26.7 Å². The van der Waals surface area contributed by atoms with Gasteiger partial charge in [0.05, 0.1) is 16.9 Å². The van der Waals surface area contributed by atoms with E-state index < -0.39 is 0 Å². The largest absolute Gasteiger partial charge is 0.302 e. The Balaban J connectivity index is 2.04. The molecule has 1 unspecified atom stereocenters. The fraction of sp³-hybridized carbons (Fsp3) is 0.600. The van der Waals surface area contributed by atoms with Crippen LogP contribution >= 0.6 is 11.6 Å². The van der Waals surface area contributed by atoms with Crippen molar-refractivity contribution in [2.24, 2.45) is 7.05 Å². The van der Waals surface area contributed by atoms with Crippen molar-refractivity contribution in [3.63, 3.8) is 0 Å². The van der Waals surface area contributed by atoms with Gasteiger partial charge in [-0.2, -0.15) is 0 Å². The normalized spacial score (nSPS) is 21.0. The van der Waals surface area contributed by atoms with Gasteiger partial charge in [-0.15, -0.1) is 0 Å². The molecule has 1 aliphatic rings. The monoisotopic (exact) mass is 376 g/mol. The zero-order chi connectivity index (χ0) is 18.8. The topological polar surface area (TPSA) is 41.4 Å². The van der Waals surface area contributed by atoms with Crippen LogP contribution in [0.1, 0.15) is 45.0 Å². The molecule has 0 aliphatic carbocycles. The van der Waals surface area contributed by atoms with Crippen LogP contribution in [0.4, 0.5) is 0 Å². The van der Waals surface area contributed by atoms with E-state index in [0.717, 1.165) is 50.2 Å². The molecule has 6 heteroatoms. The molecule has 2 heterocycles. The van der Waals surface area contributed by atoms with E-state index in [1.165, 1.54) is 0 Å². The first-order valence-electron chi connectivity index (χ1n) is 9.52. The summed E-state index contributed by atoms with van der Waals surface area (Å²) in [5.74, 6) is 0.865. The number of fused-ring (bicyclic) bond motifs is 1. The van der Waals surface area contributed by atoms with E-state index in [4.69, 9.17) is 16.6 Å². The number of hydrogen-bond donors (Lipinski definition) is 0. The van der Waals surface area contributed by atoms with Gasteiger partial charge < -0.3 is 4.90 Å². The average molecular weight is 377 g/mol. The van der Waals surface area contributed by atoms with Crippen molar-refractivity contribution in [1.29, 1.82) is 0 Å². The zero-order valence-electron chi connectivity index (χ0n) is 16.2. The second-order valence-corrected chi connectivity index (χ2v) is 7.89. The number of benzene rings is 1.